The fourth-order valence-corrected chi connectivity index (χ4v) is 2.39. The molecule has 3 amide bonds. The van der Waals surface area contributed by atoms with Gasteiger partial charge in [-0.05, 0) is 26.2 Å². The first-order valence-electron chi connectivity index (χ1n) is 5.17. The van der Waals surface area contributed by atoms with Gasteiger partial charge in [-0.15, -0.1) is 0 Å². The zero-order valence-electron chi connectivity index (χ0n) is 8.86. The summed E-state index contributed by atoms with van der Waals surface area (Å²) in [6.45, 7) is 6.53. The molecule has 0 aromatic heterocycles. The van der Waals surface area contributed by atoms with Crippen molar-refractivity contribution in [2.45, 2.75) is 39.3 Å². The first kappa shape index (κ1) is 9.49. The molecule has 0 aliphatic carbocycles. The van der Waals surface area contributed by atoms with Crippen molar-refractivity contribution in [2.75, 3.05) is 6.54 Å². The summed E-state index contributed by atoms with van der Waals surface area (Å²) >= 11 is 0. The van der Waals surface area contributed by atoms with E-state index in [0.29, 0.717) is 5.92 Å². The molecule has 0 aromatic rings. The number of amides is 3. The van der Waals surface area contributed by atoms with E-state index in [9.17, 15) is 9.59 Å². The number of rotatable bonds is 1. The molecular weight excluding hydrogens is 180 g/mol. The van der Waals surface area contributed by atoms with E-state index in [1.807, 2.05) is 20.8 Å². The minimum Gasteiger partial charge on any atom is -0.312 e. The number of urea groups is 1. The van der Waals surface area contributed by atoms with Crippen molar-refractivity contribution in [3.63, 3.8) is 0 Å². The first-order valence-corrected chi connectivity index (χ1v) is 5.17. The highest BCUT2D eigenvalue weighted by molar-refractivity contribution is 6.05. The van der Waals surface area contributed by atoms with Gasteiger partial charge in [-0.3, -0.25) is 9.69 Å². The van der Waals surface area contributed by atoms with Crippen molar-refractivity contribution in [3.8, 4) is 0 Å². The minimum absolute atomic E-state index is 0.00463. The summed E-state index contributed by atoms with van der Waals surface area (Å²) in [4.78, 5) is 26.8. The van der Waals surface area contributed by atoms with E-state index in [0.717, 1.165) is 13.0 Å². The molecule has 0 radical (unpaired) electrons. The number of imide groups is 1. The van der Waals surface area contributed by atoms with Gasteiger partial charge in [0.15, 0.2) is 0 Å². The lowest BCUT2D eigenvalue weighted by Crippen LogP contribution is -2.39. The van der Waals surface area contributed by atoms with Crippen molar-refractivity contribution in [1.82, 2.24) is 9.80 Å². The molecule has 0 aromatic carbocycles. The highest BCUT2D eigenvalue weighted by Crippen LogP contribution is 2.32. The molecule has 0 N–H and O–H groups in total. The smallest absolute Gasteiger partial charge is 0.312 e. The summed E-state index contributed by atoms with van der Waals surface area (Å²) in [7, 11) is 0. The fraction of sp³-hybridized carbons (Fsp3) is 0.800. The fourth-order valence-electron chi connectivity index (χ4n) is 2.39. The summed E-state index contributed by atoms with van der Waals surface area (Å²) in [6.07, 6.45) is 0.952. The highest BCUT2D eigenvalue weighted by Gasteiger charge is 2.51. The number of hydrogen-bond acceptors (Lipinski definition) is 2. The molecule has 2 saturated heterocycles. The third-order valence-electron chi connectivity index (χ3n) is 3.16. The Labute approximate surface area is 83.9 Å². The summed E-state index contributed by atoms with van der Waals surface area (Å²) in [5, 5.41) is 0. The average Bonchev–Trinajstić information content (AvgIpc) is 2.55. The molecule has 2 aliphatic heterocycles. The maximum absolute atomic E-state index is 11.9. The number of nitrogens with zero attached hydrogens (tertiary/aromatic N) is 2. The van der Waals surface area contributed by atoms with Gasteiger partial charge in [0.05, 0.1) is 0 Å². The Kier molecular flexibility index (Phi) is 2.01. The molecule has 4 nitrogen and oxygen atoms in total. The van der Waals surface area contributed by atoms with Crippen LogP contribution in [0.5, 0.6) is 0 Å². The van der Waals surface area contributed by atoms with Gasteiger partial charge in [-0.2, -0.15) is 0 Å². The molecule has 2 aliphatic rings. The lowest BCUT2D eigenvalue weighted by atomic mass is 10.0. The van der Waals surface area contributed by atoms with Crippen molar-refractivity contribution in [3.05, 3.63) is 0 Å². The lowest BCUT2D eigenvalue weighted by Gasteiger charge is -2.19. The Morgan fingerprint density at radius 2 is 2.00 bits per heavy atom. The standard InChI is InChI=1S/C10H16N2O2/c1-6(2)12-9(13)8-7(3)4-5-11(8)10(12)14/h6-8H,4-5H2,1-3H3. The zero-order chi connectivity index (χ0) is 10.5. The highest BCUT2D eigenvalue weighted by atomic mass is 16.2. The van der Waals surface area contributed by atoms with Gasteiger partial charge in [0.2, 0.25) is 0 Å². The number of fused-ring (bicyclic) bond motifs is 1. The molecule has 2 atom stereocenters. The van der Waals surface area contributed by atoms with E-state index in [2.05, 4.69) is 0 Å². The van der Waals surface area contributed by atoms with Gasteiger partial charge in [0.1, 0.15) is 6.04 Å². The quantitative estimate of drug-likeness (QED) is 0.588. The van der Waals surface area contributed by atoms with E-state index in [-0.39, 0.29) is 24.0 Å². The van der Waals surface area contributed by atoms with Gasteiger partial charge in [0, 0.05) is 12.6 Å². The number of hydrogen-bond donors (Lipinski definition) is 0. The molecule has 2 heterocycles. The lowest BCUT2D eigenvalue weighted by molar-refractivity contribution is -0.129. The molecule has 78 valence electrons. The van der Waals surface area contributed by atoms with E-state index >= 15 is 0 Å². The monoisotopic (exact) mass is 196 g/mol. The van der Waals surface area contributed by atoms with Crippen LogP contribution in [0.2, 0.25) is 0 Å². The molecule has 2 unspecified atom stereocenters. The molecule has 4 heteroatoms. The van der Waals surface area contributed by atoms with E-state index in [4.69, 9.17) is 0 Å². The largest absolute Gasteiger partial charge is 0.327 e. The second-order valence-electron chi connectivity index (χ2n) is 4.49. The summed E-state index contributed by atoms with van der Waals surface area (Å²) in [6, 6.07) is -0.294. The first-order chi connectivity index (χ1) is 6.54. The molecule has 2 rings (SSSR count). The normalized spacial score (nSPS) is 32.0. The number of carbonyl (C=O) groups is 2. The van der Waals surface area contributed by atoms with Crippen LogP contribution in [0.25, 0.3) is 0 Å². The van der Waals surface area contributed by atoms with Crippen molar-refractivity contribution in [1.29, 1.82) is 0 Å². The van der Waals surface area contributed by atoms with Crippen LogP contribution in [0, 0.1) is 5.92 Å². The minimum atomic E-state index is -0.176. The van der Waals surface area contributed by atoms with Gasteiger partial charge in [0.25, 0.3) is 5.91 Å². The van der Waals surface area contributed by atoms with Crippen LogP contribution < -0.4 is 0 Å². The van der Waals surface area contributed by atoms with E-state index < -0.39 is 0 Å². The molecule has 0 bridgehead atoms. The molecule has 0 spiro atoms. The van der Waals surface area contributed by atoms with Crippen LogP contribution >= 0.6 is 0 Å². The van der Waals surface area contributed by atoms with E-state index in [1.54, 1.807) is 4.90 Å². The van der Waals surface area contributed by atoms with Crippen LogP contribution in [-0.2, 0) is 4.79 Å². The van der Waals surface area contributed by atoms with Crippen LogP contribution in [0.1, 0.15) is 27.2 Å². The zero-order valence-corrected chi connectivity index (χ0v) is 8.86. The maximum atomic E-state index is 11.9. The van der Waals surface area contributed by atoms with Gasteiger partial charge < -0.3 is 4.90 Å². The van der Waals surface area contributed by atoms with E-state index in [1.165, 1.54) is 4.90 Å². The third kappa shape index (κ3) is 1.06. The summed E-state index contributed by atoms with van der Waals surface area (Å²) < 4.78 is 0. The van der Waals surface area contributed by atoms with Crippen LogP contribution in [0.15, 0.2) is 0 Å². The van der Waals surface area contributed by atoms with Crippen molar-refractivity contribution in [2.24, 2.45) is 5.92 Å². The summed E-state index contributed by atoms with van der Waals surface area (Å²) in [5.41, 5.74) is 0. The molecule has 2 fully saturated rings. The topological polar surface area (TPSA) is 40.6 Å². The second-order valence-corrected chi connectivity index (χ2v) is 4.49. The SMILES string of the molecule is CC1CCN2C(=O)N(C(C)C)C(=O)C12. The van der Waals surface area contributed by atoms with Crippen molar-refractivity contribution < 1.29 is 9.59 Å². The van der Waals surface area contributed by atoms with Crippen LogP contribution in [0.3, 0.4) is 0 Å². The average molecular weight is 196 g/mol. The second kappa shape index (κ2) is 2.97. The molecule has 14 heavy (non-hydrogen) atoms. The molecular formula is C10H16N2O2. The van der Waals surface area contributed by atoms with Gasteiger partial charge >= 0.3 is 6.03 Å². The predicted molar refractivity (Wildman–Crippen MR) is 51.7 cm³/mol. The van der Waals surface area contributed by atoms with Crippen molar-refractivity contribution >= 4 is 11.9 Å². The predicted octanol–water partition coefficient (Wildman–Crippen LogP) is 1.07. The Balaban J connectivity index is 2.29. The number of carbonyl (C=O) groups excluding carboxylic acids is 2. The van der Waals surface area contributed by atoms with Crippen LogP contribution in [0.4, 0.5) is 4.79 Å². The maximum Gasteiger partial charge on any atom is 0.327 e. The van der Waals surface area contributed by atoms with Gasteiger partial charge in [-0.1, -0.05) is 6.92 Å². The summed E-state index contributed by atoms with van der Waals surface area (Å²) in [5.74, 6) is 0.310. The third-order valence-corrected chi connectivity index (χ3v) is 3.16. The Morgan fingerprint density at radius 3 is 2.50 bits per heavy atom. The Hall–Kier alpha value is -1.06. The Bertz CT molecular complexity index is 288. The van der Waals surface area contributed by atoms with Crippen LogP contribution in [-0.4, -0.2) is 40.4 Å². The molecule has 0 saturated carbocycles. The Morgan fingerprint density at radius 1 is 1.36 bits per heavy atom. The van der Waals surface area contributed by atoms with Gasteiger partial charge in [-0.25, -0.2) is 4.79 Å².